The first-order valence-corrected chi connectivity index (χ1v) is 10.5. The van der Waals surface area contributed by atoms with Crippen molar-refractivity contribution in [2.24, 2.45) is 0 Å². The summed E-state index contributed by atoms with van der Waals surface area (Å²) < 4.78 is 36.9. The lowest BCUT2D eigenvalue weighted by Gasteiger charge is -2.11. The summed E-state index contributed by atoms with van der Waals surface area (Å²) in [5.74, 6) is -0.0550. The van der Waals surface area contributed by atoms with Gasteiger partial charge in [0.25, 0.3) is 5.91 Å². The van der Waals surface area contributed by atoms with Crippen molar-refractivity contribution in [2.45, 2.75) is 11.3 Å². The summed E-state index contributed by atoms with van der Waals surface area (Å²) >= 11 is 6.09. The minimum atomic E-state index is -3.69. The molecule has 0 bridgehead atoms. The van der Waals surface area contributed by atoms with Crippen LogP contribution >= 0.6 is 11.6 Å². The molecule has 0 saturated heterocycles. The highest BCUT2D eigenvalue weighted by Crippen LogP contribution is 2.27. The standard InChI is InChI=1S/C19H23ClN2O5S/c1-26-12-11-22-28(24,25)16-7-8-18(17(20)13-16)27-14-19(23)21-10-9-15-5-3-2-4-6-15/h2-8,13,22H,9-12,14H2,1H3,(H,21,23). The molecule has 2 aromatic carbocycles. The first-order valence-electron chi connectivity index (χ1n) is 8.64. The zero-order valence-electron chi connectivity index (χ0n) is 15.5. The van der Waals surface area contributed by atoms with Gasteiger partial charge in [-0.1, -0.05) is 41.9 Å². The van der Waals surface area contributed by atoms with Gasteiger partial charge in [0.05, 0.1) is 16.5 Å². The first-order chi connectivity index (χ1) is 13.4. The maximum Gasteiger partial charge on any atom is 0.257 e. The minimum absolute atomic E-state index is 0.00765. The molecular formula is C19H23ClN2O5S. The zero-order chi connectivity index (χ0) is 20.4. The van der Waals surface area contributed by atoms with Gasteiger partial charge in [0.1, 0.15) is 5.75 Å². The highest BCUT2D eigenvalue weighted by Gasteiger charge is 2.16. The van der Waals surface area contributed by atoms with E-state index in [1.807, 2.05) is 30.3 Å². The van der Waals surface area contributed by atoms with Crippen molar-refractivity contribution < 1.29 is 22.7 Å². The van der Waals surface area contributed by atoms with E-state index in [1.165, 1.54) is 25.3 Å². The molecule has 0 fully saturated rings. The van der Waals surface area contributed by atoms with Gasteiger partial charge >= 0.3 is 0 Å². The monoisotopic (exact) mass is 426 g/mol. The van der Waals surface area contributed by atoms with Crippen molar-refractivity contribution in [1.29, 1.82) is 0 Å². The number of hydrogen-bond donors (Lipinski definition) is 2. The predicted octanol–water partition coefficient (Wildman–Crippen LogP) is 2.00. The molecule has 152 valence electrons. The van der Waals surface area contributed by atoms with Gasteiger partial charge in [-0.05, 0) is 30.2 Å². The van der Waals surface area contributed by atoms with Crippen molar-refractivity contribution in [3.63, 3.8) is 0 Å². The highest BCUT2D eigenvalue weighted by atomic mass is 35.5. The molecule has 0 saturated carbocycles. The molecule has 2 N–H and O–H groups in total. The van der Waals surface area contributed by atoms with Crippen LogP contribution in [0.5, 0.6) is 5.75 Å². The number of carbonyl (C=O) groups is 1. The summed E-state index contributed by atoms with van der Waals surface area (Å²) in [6.07, 6.45) is 0.718. The Morgan fingerprint density at radius 3 is 2.54 bits per heavy atom. The van der Waals surface area contributed by atoms with Gasteiger partial charge in [-0.2, -0.15) is 0 Å². The Morgan fingerprint density at radius 1 is 1.11 bits per heavy atom. The molecule has 2 rings (SSSR count). The van der Waals surface area contributed by atoms with E-state index in [4.69, 9.17) is 21.1 Å². The molecule has 0 aliphatic rings. The average molecular weight is 427 g/mol. The van der Waals surface area contributed by atoms with Gasteiger partial charge < -0.3 is 14.8 Å². The molecule has 0 spiro atoms. The molecular weight excluding hydrogens is 404 g/mol. The zero-order valence-corrected chi connectivity index (χ0v) is 17.1. The molecule has 0 radical (unpaired) electrons. The van der Waals surface area contributed by atoms with Crippen LogP contribution in [0.1, 0.15) is 5.56 Å². The Kier molecular flexibility index (Phi) is 8.72. The number of benzene rings is 2. The molecule has 28 heavy (non-hydrogen) atoms. The van der Waals surface area contributed by atoms with Gasteiger partial charge in [0, 0.05) is 20.2 Å². The van der Waals surface area contributed by atoms with E-state index >= 15 is 0 Å². The van der Waals surface area contributed by atoms with E-state index < -0.39 is 10.0 Å². The Morgan fingerprint density at radius 2 is 1.86 bits per heavy atom. The topological polar surface area (TPSA) is 93.7 Å². The number of rotatable bonds is 11. The van der Waals surface area contributed by atoms with Gasteiger partial charge in [0.15, 0.2) is 6.61 Å². The van der Waals surface area contributed by atoms with Crippen LogP contribution in [-0.4, -0.2) is 47.7 Å². The minimum Gasteiger partial charge on any atom is -0.482 e. The Labute approximate surface area is 170 Å². The van der Waals surface area contributed by atoms with Gasteiger partial charge in [-0.3, -0.25) is 4.79 Å². The Hall–Kier alpha value is -2.13. The van der Waals surface area contributed by atoms with E-state index in [2.05, 4.69) is 10.0 Å². The third-order valence-corrected chi connectivity index (χ3v) is 5.50. The molecule has 0 heterocycles. The first kappa shape index (κ1) is 22.2. The number of methoxy groups -OCH3 is 1. The molecule has 7 nitrogen and oxygen atoms in total. The van der Waals surface area contributed by atoms with Crippen molar-refractivity contribution in [3.05, 3.63) is 59.1 Å². The van der Waals surface area contributed by atoms with Crippen molar-refractivity contribution in [3.8, 4) is 5.75 Å². The third kappa shape index (κ3) is 7.12. The SMILES string of the molecule is COCCNS(=O)(=O)c1ccc(OCC(=O)NCCc2ccccc2)c(Cl)c1. The molecule has 0 aliphatic heterocycles. The van der Waals surface area contributed by atoms with Gasteiger partial charge in [-0.25, -0.2) is 13.1 Å². The molecule has 9 heteroatoms. The summed E-state index contributed by atoms with van der Waals surface area (Å²) in [6.45, 7) is 0.683. The van der Waals surface area contributed by atoms with E-state index in [0.717, 1.165) is 12.0 Å². The molecule has 0 atom stereocenters. The average Bonchev–Trinajstić information content (AvgIpc) is 2.68. The second-order valence-corrected chi connectivity index (χ2v) is 8.03. The predicted molar refractivity (Wildman–Crippen MR) is 107 cm³/mol. The maximum atomic E-state index is 12.1. The van der Waals surface area contributed by atoms with E-state index in [9.17, 15) is 13.2 Å². The van der Waals surface area contributed by atoms with E-state index in [1.54, 1.807) is 0 Å². The van der Waals surface area contributed by atoms with Crippen molar-refractivity contribution in [2.75, 3.05) is 33.4 Å². The molecule has 0 aliphatic carbocycles. The summed E-state index contributed by atoms with van der Waals surface area (Å²) in [5, 5.41) is 2.86. The summed E-state index contributed by atoms with van der Waals surface area (Å²) in [5.41, 5.74) is 1.13. The van der Waals surface area contributed by atoms with Crippen molar-refractivity contribution >= 4 is 27.5 Å². The van der Waals surface area contributed by atoms with E-state index in [0.29, 0.717) is 6.54 Å². The fraction of sp³-hybridized carbons (Fsp3) is 0.316. The number of amides is 1. The van der Waals surface area contributed by atoms with Crippen LogP contribution in [0.3, 0.4) is 0 Å². The number of sulfonamides is 1. The Bertz CT molecular complexity index is 875. The molecule has 2 aromatic rings. The lowest BCUT2D eigenvalue weighted by molar-refractivity contribution is -0.123. The van der Waals surface area contributed by atoms with Gasteiger partial charge in [-0.15, -0.1) is 0 Å². The van der Waals surface area contributed by atoms with Crippen LogP contribution in [0.25, 0.3) is 0 Å². The Balaban J connectivity index is 1.83. The lowest BCUT2D eigenvalue weighted by atomic mass is 10.1. The van der Waals surface area contributed by atoms with Gasteiger partial charge in [0.2, 0.25) is 10.0 Å². The summed E-state index contributed by atoms with van der Waals surface area (Å²) in [7, 11) is -2.21. The summed E-state index contributed by atoms with van der Waals surface area (Å²) in [6, 6.07) is 13.9. The van der Waals surface area contributed by atoms with E-state index in [-0.39, 0.29) is 41.3 Å². The fourth-order valence-corrected chi connectivity index (χ4v) is 3.65. The van der Waals surface area contributed by atoms with Crippen LogP contribution in [0.2, 0.25) is 5.02 Å². The quantitative estimate of drug-likeness (QED) is 0.536. The number of nitrogens with one attached hydrogen (secondary N) is 2. The van der Waals surface area contributed by atoms with Crippen LogP contribution < -0.4 is 14.8 Å². The lowest BCUT2D eigenvalue weighted by Crippen LogP contribution is -2.30. The largest absolute Gasteiger partial charge is 0.482 e. The van der Waals surface area contributed by atoms with Crippen LogP contribution in [0, 0.1) is 0 Å². The maximum absolute atomic E-state index is 12.1. The molecule has 0 unspecified atom stereocenters. The molecule has 0 aromatic heterocycles. The highest BCUT2D eigenvalue weighted by molar-refractivity contribution is 7.89. The number of ether oxygens (including phenoxy) is 2. The molecule has 1 amide bonds. The number of carbonyl (C=O) groups excluding carboxylic acids is 1. The number of halogens is 1. The normalized spacial score (nSPS) is 11.2. The summed E-state index contributed by atoms with van der Waals surface area (Å²) in [4.78, 5) is 11.9. The second kappa shape index (κ2) is 11.0. The fourth-order valence-electron chi connectivity index (χ4n) is 2.31. The van der Waals surface area contributed by atoms with Crippen LogP contribution in [0.4, 0.5) is 0 Å². The van der Waals surface area contributed by atoms with Crippen molar-refractivity contribution in [1.82, 2.24) is 10.0 Å². The third-order valence-electron chi connectivity index (χ3n) is 3.75. The van der Waals surface area contributed by atoms with Crippen LogP contribution in [-0.2, 0) is 26.0 Å². The second-order valence-electron chi connectivity index (χ2n) is 5.86. The van der Waals surface area contributed by atoms with Crippen LogP contribution in [0.15, 0.2) is 53.4 Å². The number of hydrogen-bond acceptors (Lipinski definition) is 5. The smallest absolute Gasteiger partial charge is 0.257 e.